The zero-order chi connectivity index (χ0) is 23.4. The number of nitrogens with one attached hydrogen (secondary N) is 2. The summed E-state index contributed by atoms with van der Waals surface area (Å²) in [4.78, 5) is 12.2. The summed E-state index contributed by atoms with van der Waals surface area (Å²) in [6, 6.07) is 9.20. The van der Waals surface area contributed by atoms with E-state index in [1.807, 2.05) is 6.92 Å². The van der Waals surface area contributed by atoms with Crippen molar-refractivity contribution in [3.05, 3.63) is 59.7 Å². The fourth-order valence-electron chi connectivity index (χ4n) is 3.49. The van der Waals surface area contributed by atoms with Crippen LogP contribution in [0.15, 0.2) is 53.4 Å². The number of anilines is 1. The number of rotatable bonds is 8. The molecule has 32 heavy (non-hydrogen) atoms. The lowest BCUT2D eigenvalue weighted by atomic mass is 10.1. The molecule has 0 bridgehead atoms. The summed E-state index contributed by atoms with van der Waals surface area (Å²) in [5.41, 5.74) is -1.02. The van der Waals surface area contributed by atoms with E-state index in [1.165, 1.54) is 18.2 Å². The molecule has 2 unspecified atom stereocenters. The van der Waals surface area contributed by atoms with Gasteiger partial charge in [0.15, 0.2) is 0 Å². The molecular weight excluding hydrogens is 445 g/mol. The first-order chi connectivity index (χ1) is 15.1. The smallest absolute Gasteiger partial charge is 0.378 e. The number of hydrogen-bond acceptors (Lipinski definition) is 4. The van der Waals surface area contributed by atoms with E-state index in [0.717, 1.165) is 44.1 Å². The van der Waals surface area contributed by atoms with Gasteiger partial charge in [0.1, 0.15) is 0 Å². The molecule has 2 aromatic rings. The summed E-state index contributed by atoms with van der Waals surface area (Å²) < 4.78 is 72.1. The highest BCUT2D eigenvalue weighted by atomic mass is 32.2. The number of para-hydroxylation sites is 1. The van der Waals surface area contributed by atoms with E-state index in [1.54, 1.807) is 6.07 Å². The van der Waals surface area contributed by atoms with Crippen molar-refractivity contribution in [1.29, 1.82) is 0 Å². The average molecular weight is 471 g/mol. The Kier molecular flexibility index (Phi) is 7.45. The molecule has 1 saturated heterocycles. The van der Waals surface area contributed by atoms with E-state index in [0.29, 0.717) is 12.5 Å². The zero-order valence-electron chi connectivity index (χ0n) is 17.5. The van der Waals surface area contributed by atoms with Crippen LogP contribution in [0, 0.1) is 0 Å². The molecule has 0 aliphatic carbocycles. The van der Waals surface area contributed by atoms with E-state index in [2.05, 4.69) is 10.0 Å². The van der Waals surface area contributed by atoms with Crippen LogP contribution < -0.4 is 10.0 Å². The molecular formula is C22H25F3N2O4S. The second-order valence-corrected chi connectivity index (χ2v) is 9.45. The van der Waals surface area contributed by atoms with Crippen LogP contribution in [-0.4, -0.2) is 33.1 Å². The van der Waals surface area contributed by atoms with E-state index >= 15 is 0 Å². The highest BCUT2D eigenvalue weighted by molar-refractivity contribution is 7.92. The minimum atomic E-state index is -4.68. The van der Waals surface area contributed by atoms with Gasteiger partial charge in [-0.2, -0.15) is 13.2 Å². The molecule has 3 rings (SSSR count). The molecule has 1 fully saturated rings. The van der Waals surface area contributed by atoms with Crippen molar-refractivity contribution in [2.24, 2.45) is 0 Å². The number of benzene rings is 2. The molecule has 1 heterocycles. The van der Waals surface area contributed by atoms with E-state index in [9.17, 15) is 26.4 Å². The SMILES string of the molecule is CC(CCC1CCCO1)NC(=O)c1ccccc1NS(=O)(=O)c1cccc(C(F)(F)F)c1. The van der Waals surface area contributed by atoms with E-state index in [-0.39, 0.29) is 23.4 Å². The lowest BCUT2D eigenvalue weighted by molar-refractivity contribution is -0.137. The minimum Gasteiger partial charge on any atom is -0.378 e. The van der Waals surface area contributed by atoms with Gasteiger partial charge in [-0.3, -0.25) is 9.52 Å². The van der Waals surface area contributed by atoms with Crippen molar-refractivity contribution in [3.8, 4) is 0 Å². The van der Waals surface area contributed by atoms with Crippen LogP contribution in [-0.2, 0) is 20.9 Å². The van der Waals surface area contributed by atoms with Gasteiger partial charge >= 0.3 is 6.18 Å². The zero-order valence-corrected chi connectivity index (χ0v) is 18.3. The average Bonchev–Trinajstić information content (AvgIpc) is 3.25. The highest BCUT2D eigenvalue weighted by Crippen LogP contribution is 2.31. The number of hydrogen-bond donors (Lipinski definition) is 2. The number of carbonyl (C=O) groups excluding carboxylic acids is 1. The van der Waals surface area contributed by atoms with Gasteiger partial charge in [0.2, 0.25) is 0 Å². The molecule has 1 amide bonds. The Hall–Kier alpha value is -2.59. The maximum absolute atomic E-state index is 13.0. The third-order valence-corrected chi connectivity index (χ3v) is 6.57. The monoisotopic (exact) mass is 470 g/mol. The molecule has 0 spiro atoms. The molecule has 1 aliphatic heterocycles. The molecule has 0 aromatic heterocycles. The van der Waals surface area contributed by atoms with Crippen molar-refractivity contribution >= 4 is 21.6 Å². The van der Waals surface area contributed by atoms with Gasteiger partial charge in [0.25, 0.3) is 15.9 Å². The second kappa shape index (κ2) is 9.91. The minimum absolute atomic E-state index is 0.0197. The summed E-state index contributed by atoms with van der Waals surface area (Å²) in [7, 11) is -4.35. The van der Waals surface area contributed by atoms with Crippen molar-refractivity contribution < 1.29 is 31.1 Å². The fourth-order valence-corrected chi connectivity index (χ4v) is 4.62. The lowest BCUT2D eigenvalue weighted by Crippen LogP contribution is -2.33. The molecule has 2 N–H and O–H groups in total. The molecule has 0 radical (unpaired) electrons. The quantitative estimate of drug-likeness (QED) is 0.591. The van der Waals surface area contributed by atoms with Crippen molar-refractivity contribution in [3.63, 3.8) is 0 Å². The Morgan fingerprint density at radius 3 is 2.62 bits per heavy atom. The molecule has 2 atom stereocenters. The normalized spacial score (nSPS) is 17.7. The Bertz CT molecular complexity index is 1050. The summed E-state index contributed by atoms with van der Waals surface area (Å²) in [6.07, 6.45) is -0.935. The van der Waals surface area contributed by atoms with E-state index < -0.39 is 32.6 Å². The number of ether oxygens (including phenoxy) is 1. The predicted octanol–water partition coefficient (Wildman–Crippen LogP) is 4.58. The number of halogens is 3. The highest BCUT2D eigenvalue weighted by Gasteiger charge is 2.32. The Morgan fingerprint density at radius 1 is 1.19 bits per heavy atom. The third kappa shape index (κ3) is 6.23. The summed E-state index contributed by atoms with van der Waals surface area (Å²) in [6.45, 7) is 2.60. The summed E-state index contributed by atoms with van der Waals surface area (Å²) in [5.74, 6) is -0.479. The van der Waals surface area contributed by atoms with Crippen LogP contribution in [0.1, 0.15) is 48.5 Å². The maximum Gasteiger partial charge on any atom is 0.416 e. The Labute approximate surface area is 185 Å². The summed E-state index contributed by atoms with van der Waals surface area (Å²) in [5, 5.41) is 2.84. The Morgan fingerprint density at radius 2 is 1.94 bits per heavy atom. The van der Waals surface area contributed by atoms with Gasteiger partial charge in [-0.25, -0.2) is 8.42 Å². The van der Waals surface area contributed by atoms with Crippen LogP contribution in [0.3, 0.4) is 0 Å². The van der Waals surface area contributed by atoms with Crippen LogP contribution in [0.4, 0.5) is 18.9 Å². The van der Waals surface area contributed by atoms with Crippen molar-refractivity contribution in [1.82, 2.24) is 5.32 Å². The summed E-state index contributed by atoms with van der Waals surface area (Å²) >= 11 is 0. The van der Waals surface area contributed by atoms with Gasteiger partial charge < -0.3 is 10.1 Å². The molecule has 10 heteroatoms. The molecule has 0 saturated carbocycles. The standard InChI is InChI=1S/C22H25F3N2O4S/c1-15(11-12-17-7-5-13-31-17)26-21(28)19-9-2-3-10-20(19)27-32(29,30)18-8-4-6-16(14-18)22(23,24)25/h2-4,6,8-10,14-15,17,27H,5,7,11-13H2,1H3,(H,26,28). The third-order valence-electron chi connectivity index (χ3n) is 5.21. The van der Waals surface area contributed by atoms with Gasteiger partial charge in [0, 0.05) is 12.6 Å². The number of carbonyl (C=O) groups is 1. The van der Waals surface area contributed by atoms with Gasteiger partial charge in [-0.15, -0.1) is 0 Å². The molecule has 6 nitrogen and oxygen atoms in total. The topological polar surface area (TPSA) is 84.5 Å². The second-order valence-electron chi connectivity index (χ2n) is 7.76. The van der Waals surface area contributed by atoms with Crippen LogP contribution in [0.2, 0.25) is 0 Å². The van der Waals surface area contributed by atoms with Gasteiger partial charge in [-0.05, 0) is 62.9 Å². The first-order valence-electron chi connectivity index (χ1n) is 10.3. The maximum atomic E-state index is 13.0. The largest absolute Gasteiger partial charge is 0.416 e. The number of amides is 1. The van der Waals surface area contributed by atoms with Crippen molar-refractivity contribution in [2.75, 3.05) is 11.3 Å². The molecule has 1 aliphatic rings. The Balaban J connectivity index is 1.72. The van der Waals surface area contributed by atoms with E-state index in [4.69, 9.17) is 4.74 Å². The van der Waals surface area contributed by atoms with Crippen molar-refractivity contribution in [2.45, 2.75) is 55.8 Å². The van der Waals surface area contributed by atoms with Crippen LogP contribution >= 0.6 is 0 Å². The van der Waals surface area contributed by atoms with Gasteiger partial charge in [0.05, 0.1) is 27.8 Å². The van der Waals surface area contributed by atoms with Gasteiger partial charge in [-0.1, -0.05) is 18.2 Å². The van der Waals surface area contributed by atoms with Crippen LogP contribution in [0.5, 0.6) is 0 Å². The number of alkyl halides is 3. The number of sulfonamides is 1. The lowest BCUT2D eigenvalue weighted by Gasteiger charge is -2.18. The molecule has 2 aromatic carbocycles. The fraction of sp³-hybridized carbons (Fsp3) is 0.409. The molecule has 174 valence electrons. The predicted molar refractivity (Wildman–Crippen MR) is 114 cm³/mol. The van der Waals surface area contributed by atoms with Crippen LogP contribution in [0.25, 0.3) is 0 Å². The first-order valence-corrected chi connectivity index (χ1v) is 11.8. The first kappa shape index (κ1) is 24.1.